The summed E-state index contributed by atoms with van der Waals surface area (Å²) >= 11 is 5.78. The second-order valence-corrected chi connectivity index (χ2v) is 8.37. The van der Waals surface area contributed by atoms with Crippen molar-refractivity contribution in [3.05, 3.63) is 52.3 Å². The van der Waals surface area contributed by atoms with Crippen LogP contribution in [-0.4, -0.2) is 23.8 Å². The first-order valence-electron chi connectivity index (χ1n) is 9.42. The lowest BCUT2D eigenvalue weighted by Crippen LogP contribution is -2.50. The average molecular weight is 401 g/mol. The van der Waals surface area contributed by atoms with E-state index < -0.39 is 5.82 Å². The summed E-state index contributed by atoms with van der Waals surface area (Å²) in [6, 6.07) is 8.17. The van der Waals surface area contributed by atoms with Crippen LogP contribution in [0.3, 0.4) is 0 Å². The van der Waals surface area contributed by atoms with Crippen LogP contribution in [-0.2, 0) is 4.79 Å². The summed E-state index contributed by atoms with van der Waals surface area (Å²) in [6.45, 7) is 8.75. The van der Waals surface area contributed by atoms with E-state index in [2.05, 4.69) is 25.8 Å². The van der Waals surface area contributed by atoms with Gasteiger partial charge in [-0.3, -0.25) is 4.79 Å². The third-order valence-corrected chi connectivity index (χ3v) is 5.70. The molecule has 28 heavy (non-hydrogen) atoms. The highest BCUT2D eigenvalue weighted by Crippen LogP contribution is 2.50. The molecule has 2 heterocycles. The highest BCUT2D eigenvalue weighted by molar-refractivity contribution is 6.55. The first kappa shape index (κ1) is 18.9. The maximum Gasteiger partial charge on any atom is 0.278 e. The Kier molecular flexibility index (Phi) is 4.46. The molecule has 0 bridgehead atoms. The average Bonchev–Trinajstić information content (AvgIpc) is 2.89. The smallest absolute Gasteiger partial charge is 0.278 e. The van der Waals surface area contributed by atoms with Crippen molar-refractivity contribution < 1.29 is 13.9 Å². The standard InChI is InChI=1S/C22H22ClFN2O2/c1-5-28-14-9-15-12(2)11-22(3,4)26-20(15)16(10-14)19(21(26)27)25-13-6-7-17(23)18(24)8-13/h6-10,12H,5,11H2,1-4H3/t12-/m1/s1. The maximum atomic E-state index is 13.9. The van der Waals surface area contributed by atoms with Gasteiger partial charge in [0.15, 0.2) is 0 Å². The molecule has 0 saturated carbocycles. The summed E-state index contributed by atoms with van der Waals surface area (Å²) in [6.07, 6.45) is 0.837. The summed E-state index contributed by atoms with van der Waals surface area (Å²) in [5.41, 5.74) is 3.04. The topological polar surface area (TPSA) is 41.9 Å². The van der Waals surface area contributed by atoms with Crippen LogP contribution in [0.5, 0.6) is 5.75 Å². The number of benzene rings is 2. The highest BCUT2D eigenvalue weighted by Gasteiger charge is 2.48. The summed E-state index contributed by atoms with van der Waals surface area (Å²) in [4.78, 5) is 19.7. The Morgan fingerprint density at radius 2 is 2.07 bits per heavy atom. The highest BCUT2D eigenvalue weighted by atomic mass is 35.5. The third-order valence-electron chi connectivity index (χ3n) is 5.39. The van der Waals surface area contributed by atoms with Gasteiger partial charge in [-0.1, -0.05) is 18.5 Å². The van der Waals surface area contributed by atoms with Crippen LogP contribution in [0.25, 0.3) is 0 Å². The lowest BCUT2D eigenvalue weighted by Gasteiger charge is -2.43. The van der Waals surface area contributed by atoms with E-state index in [1.807, 2.05) is 24.0 Å². The van der Waals surface area contributed by atoms with Crippen LogP contribution >= 0.6 is 11.6 Å². The van der Waals surface area contributed by atoms with Crippen LogP contribution in [0, 0.1) is 5.82 Å². The van der Waals surface area contributed by atoms with Crippen molar-refractivity contribution in [2.45, 2.75) is 45.6 Å². The van der Waals surface area contributed by atoms with Crippen molar-refractivity contribution in [2.24, 2.45) is 4.99 Å². The predicted octanol–water partition coefficient (Wildman–Crippen LogP) is 5.63. The number of hydrogen-bond donors (Lipinski definition) is 0. The minimum absolute atomic E-state index is 0.0255. The van der Waals surface area contributed by atoms with Gasteiger partial charge < -0.3 is 9.64 Å². The van der Waals surface area contributed by atoms with Gasteiger partial charge in [0, 0.05) is 17.2 Å². The Morgan fingerprint density at radius 3 is 2.75 bits per heavy atom. The van der Waals surface area contributed by atoms with Gasteiger partial charge in [-0.2, -0.15) is 0 Å². The number of halogens is 2. The molecule has 0 radical (unpaired) electrons. The van der Waals surface area contributed by atoms with E-state index >= 15 is 0 Å². The number of ether oxygens (including phenoxy) is 1. The van der Waals surface area contributed by atoms with Gasteiger partial charge in [-0.15, -0.1) is 0 Å². The van der Waals surface area contributed by atoms with Gasteiger partial charge in [0.05, 0.1) is 23.0 Å². The second-order valence-electron chi connectivity index (χ2n) is 7.96. The number of carbonyl (C=O) groups excluding carboxylic acids is 1. The number of rotatable bonds is 3. The van der Waals surface area contributed by atoms with E-state index in [0.717, 1.165) is 23.2 Å². The zero-order valence-electron chi connectivity index (χ0n) is 16.3. The molecular formula is C22H22ClFN2O2. The molecule has 2 aromatic rings. The molecule has 0 N–H and O–H groups in total. The number of hydrogen-bond acceptors (Lipinski definition) is 3. The zero-order chi connectivity index (χ0) is 20.2. The fraction of sp³-hybridized carbons (Fsp3) is 0.364. The largest absolute Gasteiger partial charge is 0.494 e. The van der Waals surface area contributed by atoms with Crippen molar-refractivity contribution in [3.63, 3.8) is 0 Å². The van der Waals surface area contributed by atoms with Gasteiger partial charge in [0.25, 0.3) is 5.91 Å². The summed E-state index contributed by atoms with van der Waals surface area (Å²) < 4.78 is 19.6. The lowest BCUT2D eigenvalue weighted by atomic mass is 9.80. The first-order valence-corrected chi connectivity index (χ1v) is 9.80. The molecule has 6 heteroatoms. The van der Waals surface area contributed by atoms with E-state index in [9.17, 15) is 9.18 Å². The Morgan fingerprint density at radius 1 is 1.32 bits per heavy atom. The van der Waals surface area contributed by atoms with Crippen LogP contribution in [0.4, 0.5) is 15.8 Å². The Labute approximate surface area is 169 Å². The van der Waals surface area contributed by atoms with Gasteiger partial charge in [0.2, 0.25) is 0 Å². The van der Waals surface area contributed by atoms with Crippen LogP contribution in [0.1, 0.15) is 51.2 Å². The third kappa shape index (κ3) is 2.89. The number of carbonyl (C=O) groups is 1. The molecule has 4 rings (SSSR count). The SMILES string of the molecule is CCOc1cc2c3c(c1)[C@H](C)CC(C)(C)N3C(=O)C2=Nc1ccc(Cl)c(F)c1. The molecule has 0 spiro atoms. The fourth-order valence-electron chi connectivity index (χ4n) is 4.33. The molecule has 0 saturated heterocycles. The van der Waals surface area contributed by atoms with Gasteiger partial charge in [-0.05, 0) is 62.9 Å². The van der Waals surface area contributed by atoms with Gasteiger partial charge in [0.1, 0.15) is 17.3 Å². The normalized spacial score (nSPS) is 21.2. The molecule has 0 fully saturated rings. The number of amides is 1. The molecule has 0 aliphatic carbocycles. The maximum absolute atomic E-state index is 13.9. The Hall–Kier alpha value is -2.40. The number of anilines is 1. The molecule has 1 atom stereocenters. The molecule has 2 aromatic carbocycles. The molecule has 0 unspecified atom stereocenters. The number of aliphatic imine (C=N–C) groups is 1. The minimum Gasteiger partial charge on any atom is -0.494 e. The minimum atomic E-state index is -0.562. The van der Waals surface area contributed by atoms with Crippen LogP contribution in [0.15, 0.2) is 35.3 Å². The van der Waals surface area contributed by atoms with E-state index in [1.165, 1.54) is 12.1 Å². The second kappa shape index (κ2) is 6.59. The van der Waals surface area contributed by atoms with E-state index in [-0.39, 0.29) is 22.4 Å². The molecule has 146 valence electrons. The molecule has 2 aliphatic heterocycles. The fourth-order valence-corrected chi connectivity index (χ4v) is 4.45. The van der Waals surface area contributed by atoms with E-state index in [0.29, 0.717) is 23.8 Å². The van der Waals surface area contributed by atoms with Gasteiger partial charge in [-0.25, -0.2) is 9.38 Å². The molecular weight excluding hydrogens is 379 g/mol. The van der Waals surface area contributed by atoms with Crippen molar-refractivity contribution >= 4 is 34.6 Å². The number of nitrogens with zero attached hydrogens (tertiary/aromatic N) is 2. The van der Waals surface area contributed by atoms with Crippen molar-refractivity contribution in [2.75, 3.05) is 11.5 Å². The first-order chi connectivity index (χ1) is 13.2. The zero-order valence-corrected chi connectivity index (χ0v) is 17.1. The molecule has 2 aliphatic rings. The Balaban J connectivity index is 1.94. The van der Waals surface area contributed by atoms with Gasteiger partial charge >= 0.3 is 0 Å². The monoisotopic (exact) mass is 400 g/mol. The van der Waals surface area contributed by atoms with E-state index in [1.54, 1.807) is 6.07 Å². The van der Waals surface area contributed by atoms with Crippen molar-refractivity contribution in [1.82, 2.24) is 0 Å². The van der Waals surface area contributed by atoms with Crippen LogP contribution < -0.4 is 9.64 Å². The van der Waals surface area contributed by atoms with Crippen molar-refractivity contribution in [1.29, 1.82) is 0 Å². The molecule has 1 amide bonds. The quantitative estimate of drug-likeness (QED) is 0.669. The molecule has 0 aromatic heterocycles. The van der Waals surface area contributed by atoms with Crippen molar-refractivity contribution in [3.8, 4) is 5.75 Å². The molecule has 4 nitrogen and oxygen atoms in total. The summed E-state index contributed by atoms with van der Waals surface area (Å²) in [5.74, 6) is 0.262. The van der Waals surface area contributed by atoms with Crippen LogP contribution in [0.2, 0.25) is 5.02 Å². The predicted molar refractivity (Wildman–Crippen MR) is 110 cm³/mol. The Bertz CT molecular complexity index is 1020. The summed E-state index contributed by atoms with van der Waals surface area (Å²) in [7, 11) is 0. The lowest BCUT2D eigenvalue weighted by molar-refractivity contribution is -0.113. The van der Waals surface area contributed by atoms with E-state index in [4.69, 9.17) is 16.3 Å². The summed E-state index contributed by atoms with van der Waals surface area (Å²) in [5, 5.41) is 0.0255.